The van der Waals surface area contributed by atoms with E-state index in [1.807, 2.05) is 60.5 Å². The molecule has 1 unspecified atom stereocenters. The second kappa shape index (κ2) is 11.9. The van der Waals surface area contributed by atoms with E-state index in [1.54, 1.807) is 18.9 Å². The number of methoxy groups -OCH3 is 2. The summed E-state index contributed by atoms with van der Waals surface area (Å²) in [5, 5.41) is 11.7. The Morgan fingerprint density at radius 1 is 0.976 bits per heavy atom. The van der Waals surface area contributed by atoms with E-state index in [2.05, 4.69) is 27.8 Å². The van der Waals surface area contributed by atoms with Crippen LogP contribution in [0.25, 0.3) is 11.0 Å². The molecule has 1 saturated heterocycles. The number of nitrogens with one attached hydrogen (secondary N) is 1. The van der Waals surface area contributed by atoms with Crippen LogP contribution >= 0.6 is 0 Å². The molecule has 9 nitrogen and oxygen atoms in total. The molecule has 1 aromatic heterocycles. The van der Waals surface area contributed by atoms with E-state index in [-0.39, 0.29) is 17.6 Å². The Balaban J connectivity index is 1.22. The minimum Gasteiger partial charge on any atom is -0.497 e. The molecular formula is C33H37N5O4. The van der Waals surface area contributed by atoms with Gasteiger partial charge in [-0.15, -0.1) is 5.10 Å². The lowest BCUT2D eigenvalue weighted by atomic mass is 9.92. The molecule has 4 aromatic rings. The molecule has 1 fully saturated rings. The number of hydrogen-bond donors (Lipinski definition) is 1. The van der Waals surface area contributed by atoms with Crippen LogP contribution in [0.1, 0.15) is 41.1 Å². The third-order valence-electron chi connectivity index (χ3n) is 8.71. The van der Waals surface area contributed by atoms with Crippen molar-refractivity contribution in [1.82, 2.24) is 25.2 Å². The van der Waals surface area contributed by atoms with E-state index in [0.29, 0.717) is 32.4 Å². The quantitative estimate of drug-likeness (QED) is 0.328. The highest BCUT2D eigenvalue weighted by Crippen LogP contribution is 2.34. The number of Topliss-reactive ketones (excluding diaryl/α,β-unsaturated/α-hetero) is 1. The van der Waals surface area contributed by atoms with Gasteiger partial charge in [-0.3, -0.25) is 9.59 Å². The van der Waals surface area contributed by atoms with Crippen LogP contribution in [0.4, 0.5) is 0 Å². The van der Waals surface area contributed by atoms with Gasteiger partial charge >= 0.3 is 0 Å². The van der Waals surface area contributed by atoms with Crippen molar-refractivity contribution in [3.63, 3.8) is 0 Å². The molecule has 6 rings (SSSR count). The van der Waals surface area contributed by atoms with Crippen LogP contribution in [0.3, 0.4) is 0 Å². The van der Waals surface area contributed by atoms with Gasteiger partial charge in [0.25, 0.3) is 0 Å². The molecule has 0 radical (unpaired) electrons. The van der Waals surface area contributed by atoms with Gasteiger partial charge in [0.2, 0.25) is 5.91 Å². The van der Waals surface area contributed by atoms with Crippen molar-refractivity contribution in [3.05, 3.63) is 82.9 Å². The third kappa shape index (κ3) is 5.61. The monoisotopic (exact) mass is 567 g/mol. The van der Waals surface area contributed by atoms with Crippen molar-refractivity contribution in [2.24, 2.45) is 13.0 Å². The number of likely N-dealkylation sites (tertiary alicyclic amines) is 1. The summed E-state index contributed by atoms with van der Waals surface area (Å²) in [7, 11) is 5.17. The first-order valence-electron chi connectivity index (χ1n) is 14.6. The van der Waals surface area contributed by atoms with Gasteiger partial charge in [-0.05, 0) is 90.3 Å². The first-order valence-corrected chi connectivity index (χ1v) is 14.6. The predicted octanol–water partition coefficient (Wildman–Crippen LogP) is 3.83. The summed E-state index contributed by atoms with van der Waals surface area (Å²) in [5.74, 6) is 1.86. The number of aromatic nitrogens is 3. The number of aryl methyl sites for hydroxylation is 2. The van der Waals surface area contributed by atoms with E-state index in [9.17, 15) is 9.59 Å². The average Bonchev–Trinajstić information content (AvgIpc) is 3.62. The summed E-state index contributed by atoms with van der Waals surface area (Å²) in [6, 6.07) is 19.0. The Kier molecular flexibility index (Phi) is 7.93. The molecule has 0 aliphatic carbocycles. The van der Waals surface area contributed by atoms with Crippen LogP contribution in [0.5, 0.6) is 11.5 Å². The van der Waals surface area contributed by atoms with Gasteiger partial charge < -0.3 is 19.7 Å². The van der Waals surface area contributed by atoms with Crippen molar-refractivity contribution >= 4 is 22.7 Å². The van der Waals surface area contributed by atoms with Crippen LogP contribution in [0, 0.1) is 5.92 Å². The third-order valence-corrected chi connectivity index (χ3v) is 8.71. The zero-order valence-electron chi connectivity index (χ0n) is 24.4. The van der Waals surface area contributed by atoms with Gasteiger partial charge in [0.1, 0.15) is 23.1 Å². The number of fused-ring (bicyclic) bond motifs is 2. The van der Waals surface area contributed by atoms with Gasteiger partial charge in [-0.2, -0.15) is 0 Å². The Morgan fingerprint density at radius 2 is 1.74 bits per heavy atom. The Labute approximate surface area is 245 Å². The number of ether oxygens (including phenoxy) is 2. The number of nitrogens with zero attached hydrogens (tertiary/aromatic N) is 4. The maximum Gasteiger partial charge on any atom is 0.244 e. The summed E-state index contributed by atoms with van der Waals surface area (Å²) in [5.41, 5.74) is 6.07. The molecule has 1 N–H and O–H groups in total. The largest absolute Gasteiger partial charge is 0.497 e. The van der Waals surface area contributed by atoms with Crippen molar-refractivity contribution in [2.75, 3.05) is 27.3 Å². The molecule has 3 heterocycles. The molecule has 9 heteroatoms. The van der Waals surface area contributed by atoms with Gasteiger partial charge in [0, 0.05) is 26.6 Å². The van der Waals surface area contributed by atoms with Crippen molar-refractivity contribution in [2.45, 2.75) is 44.2 Å². The topological polar surface area (TPSA) is 98.6 Å². The number of hydrogen-bond acceptors (Lipinski definition) is 7. The lowest BCUT2D eigenvalue weighted by Crippen LogP contribution is -2.48. The van der Waals surface area contributed by atoms with E-state index in [1.165, 1.54) is 5.56 Å². The fourth-order valence-electron chi connectivity index (χ4n) is 6.44. The first kappa shape index (κ1) is 27.9. The lowest BCUT2D eigenvalue weighted by molar-refractivity contribution is -0.139. The maximum atomic E-state index is 14.2. The molecule has 0 saturated carbocycles. The van der Waals surface area contributed by atoms with E-state index < -0.39 is 12.1 Å². The van der Waals surface area contributed by atoms with Crippen molar-refractivity contribution < 1.29 is 19.1 Å². The Bertz CT molecular complexity index is 1600. The fourth-order valence-corrected chi connectivity index (χ4v) is 6.44. The molecule has 218 valence electrons. The summed E-state index contributed by atoms with van der Waals surface area (Å²) in [4.78, 5) is 29.8. The molecule has 0 spiro atoms. The number of rotatable bonds is 9. The molecule has 3 aromatic carbocycles. The minimum absolute atomic E-state index is 0.0299. The van der Waals surface area contributed by atoms with E-state index in [4.69, 9.17) is 9.47 Å². The zero-order valence-corrected chi connectivity index (χ0v) is 24.4. The summed E-state index contributed by atoms with van der Waals surface area (Å²) in [6.45, 7) is 1.25. The van der Waals surface area contributed by atoms with Gasteiger partial charge in [0.15, 0.2) is 5.78 Å². The van der Waals surface area contributed by atoms with Crippen molar-refractivity contribution in [1.29, 1.82) is 0 Å². The Hall–Kier alpha value is -4.24. The van der Waals surface area contributed by atoms with E-state index >= 15 is 0 Å². The second-order valence-electron chi connectivity index (χ2n) is 11.4. The van der Waals surface area contributed by atoms with Gasteiger partial charge in [-0.1, -0.05) is 29.5 Å². The molecule has 2 aliphatic heterocycles. The number of benzene rings is 3. The number of carbonyl (C=O) groups excluding carboxylic acids is 2. The molecular weight excluding hydrogens is 530 g/mol. The summed E-state index contributed by atoms with van der Waals surface area (Å²) < 4.78 is 12.5. The van der Waals surface area contributed by atoms with Crippen LogP contribution in [-0.2, 0) is 35.9 Å². The first-order chi connectivity index (χ1) is 20.4. The standard InChI is InChI=1S/C33H37N5O4/c1-37-29-12-6-22(17-28(29)35-36-37)7-13-31(39)30-18-23(16-21-4-8-25(41-2)9-5-21)20-38(30)33(40)32-27-11-10-26(42-3)19-24(27)14-15-34-32/h4-6,8-12,17,19,23,30,32,34H,7,13-16,18,20H2,1-3H3/t23-,30+,32?/m1/s1. The van der Waals surface area contributed by atoms with Crippen LogP contribution in [0.2, 0.25) is 0 Å². The highest BCUT2D eigenvalue weighted by molar-refractivity contribution is 5.92. The highest BCUT2D eigenvalue weighted by atomic mass is 16.5. The SMILES string of the molecule is COc1ccc(C[C@@H]2C[C@@H](C(=O)CCc3ccc4c(c3)nnn4C)N(C(=O)C3NCCc4cc(OC)ccc43)C2)cc1. The number of ketones is 1. The zero-order chi connectivity index (χ0) is 29.2. The normalized spacial score (nSPS) is 20.0. The molecule has 3 atom stereocenters. The van der Waals surface area contributed by atoms with Crippen molar-refractivity contribution in [3.8, 4) is 11.5 Å². The van der Waals surface area contributed by atoms with Crippen LogP contribution in [-0.4, -0.2) is 64.9 Å². The predicted molar refractivity (Wildman–Crippen MR) is 160 cm³/mol. The van der Waals surface area contributed by atoms with Gasteiger partial charge in [-0.25, -0.2) is 4.68 Å². The average molecular weight is 568 g/mol. The molecule has 42 heavy (non-hydrogen) atoms. The summed E-state index contributed by atoms with van der Waals surface area (Å²) in [6.07, 6.45) is 3.24. The lowest BCUT2D eigenvalue weighted by Gasteiger charge is -2.32. The van der Waals surface area contributed by atoms with Crippen LogP contribution in [0.15, 0.2) is 60.7 Å². The Morgan fingerprint density at radius 3 is 2.52 bits per heavy atom. The fraction of sp³-hybridized carbons (Fsp3) is 0.394. The minimum atomic E-state index is -0.478. The maximum absolute atomic E-state index is 14.2. The van der Waals surface area contributed by atoms with Gasteiger partial charge in [0.05, 0.1) is 25.8 Å². The number of amides is 1. The molecule has 1 amide bonds. The number of carbonyl (C=O) groups is 2. The second-order valence-corrected chi connectivity index (χ2v) is 11.4. The molecule has 2 aliphatic rings. The molecule has 0 bridgehead atoms. The summed E-state index contributed by atoms with van der Waals surface area (Å²) >= 11 is 0. The smallest absolute Gasteiger partial charge is 0.244 e. The van der Waals surface area contributed by atoms with Crippen LogP contribution < -0.4 is 14.8 Å². The van der Waals surface area contributed by atoms with E-state index in [0.717, 1.165) is 52.1 Å². The highest BCUT2D eigenvalue weighted by Gasteiger charge is 2.42.